The van der Waals surface area contributed by atoms with Gasteiger partial charge in [-0.2, -0.15) is 5.26 Å². The van der Waals surface area contributed by atoms with Crippen molar-refractivity contribution in [3.05, 3.63) is 35.9 Å². The molecular formula is C17H20N2O2. The van der Waals surface area contributed by atoms with Gasteiger partial charge in [0.2, 0.25) is 5.91 Å². The van der Waals surface area contributed by atoms with Gasteiger partial charge in [-0.3, -0.25) is 4.79 Å². The Kier molecular flexibility index (Phi) is 5.39. The first kappa shape index (κ1) is 15.1. The molecule has 21 heavy (non-hydrogen) atoms. The van der Waals surface area contributed by atoms with Crippen LogP contribution in [0.4, 0.5) is 0 Å². The number of likely N-dealkylation sites (tertiary alicyclic amines) is 1. The predicted octanol–water partition coefficient (Wildman–Crippen LogP) is 2.86. The second-order valence-electron chi connectivity index (χ2n) is 5.36. The third-order valence-corrected chi connectivity index (χ3v) is 3.70. The number of benzene rings is 1. The maximum Gasteiger partial charge on any atom is 0.246 e. The molecular weight excluding hydrogens is 264 g/mol. The Morgan fingerprint density at radius 1 is 1.38 bits per heavy atom. The van der Waals surface area contributed by atoms with Crippen molar-refractivity contribution in [3.63, 3.8) is 0 Å². The molecule has 1 amide bonds. The summed E-state index contributed by atoms with van der Waals surface area (Å²) >= 11 is 0. The number of hydrogen-bond donors (Lipinski definition) is 0. The maximum atomic E-state index is 12.1. The van der Waals surface area contributed by atoms with Crippen molar-refractivity contribution in [3.8, 4) is 11.8 Å². The lowest BCUT2D eigenvalue weighted by Crippen LogP contribution is -2.36. The highest BCUT2D eigenvalue weighted by Gasteiger charge is 2.18. The molecule has 1 aromatic rings. The molecule has 2 rings (SSSR count). The van der Waals surface area contributed by atoms with Crippen LogP contribution in [0.15, 0.2) is 30.3 Å². The first-order chi connectivity index (χ1) is 10.2. The van der Waals surface area contributed by atoms with Crippen LogP contribution in [0.25, 0.3) is 6.08 Å². The molecule has 4 nitrogen and oxygen atoms in total. The number of nitrogens with zero attached hydrogens (tertiary/aromatic N) is 2. The average molecular weight is 284 g/mol. The Labute approximate surface area is 125 Å². The third-order valence-electron chi connectivity index (χ3n) is 3.70. The van der Waals surface area contributed by atoms with E-state index in [1.54, 1.807) is 18.2 Å². The molecule has 0 spiro atoms. The minimum Gasteiger partial charge on any atom is -0.479 e. The minimum atomic E-state index is 0.0427. The van der Waals surface area contributed by atoms with Crippen LogP contribution in [-0.2, 0) is 4.79 Å². The lowest BCUT2D eigenvalue weighted by Gasteiger charge is -2.29. The SMILES string of the molecule is CC1CCN(C(=O)/C=C/c2ccc(OCC#N)cc2)CC1. The van der Waals surface area contributed by atoms with E-state index in [1.165, 1.54) is 0 Å². The summed E-state index contributed by atoms with van der Waals surface area (Å²) in [5.41, 5.74) is 0.943. The predicted molar refractivity (Wildman–Crippen MR) is 81.6 cm³/mol. The van der Waals surface area contributed by atoms with Gasteiger partial charge in [-0.1, -0.05) is 19.1 Å². The van der Waals surface area contributed by atoms with Crippen LogP contribution in [0.5, 0.6) is 5.75 Å². The van der Waals surface area contributed by atoms with Crippen LogP contribution in [0.1, 0.15) is 25.3 Å². The zero-order valence-corrected chi connectivity index (χ0v) is 12.3. The van der Waals surface area contributed by atoms with Gasteiger partial charge < -0.3 is 9.64 Å². The summed E-state index contributed by atoms with van der Waals surface area (Å²) in [7, 11) is 0. The van der Waals surface area contributed by atoms with E-state index in [-0.39, 0.29) is 12.5 Å². The fraction of sp³-hybridized carbons (Fsp3) is 0.412. The molecule has 1 saturated heterocycles. The van der Waals surface area contributed by atoms with Crippen molar-refractivity contribution in [2.45, 2.75) is 19.8 Å². The van der Waals surface area contributed by atoms with Crippen molar-refractivity contribution in [1.29, 1.82) is 5.26 Å². The van der Waals surface area contributed by atoms with E-state index < -0.39 is 0 Å². The quantitative estimate of drug-likeness (QED) is 0.799. The summed E-state index contributed by atoms with van der Waals surface area (Å²) in [6.45, 7) is 3.98. The van der Waals surface area contributed by atoms with E-state index in [9.17, 15) is 4.79 Å². The first-order valence-corrected chi connectivity index (χ1v) is 7.26. The topological polar surface area (TPSA) is 53.3 Å². The molecule has 110 valence electrons. The molecule has 1 aliphatic rings. The van der Waals surface area contributed by atoms with Crippen LogP contribution < -0.4 is 4.74 Å². The third kappa shape index (κ3) is 4.64. The highest BCUT2D eigenvalue weighted by molar-refractivity contribution is 5.91. The van der Waals surface area contributed by atoms with E-state index in [0.29, 0.717) is 5.75 Å². The van der Waals surface area contributed by atoms with Gasteiger partial charge in [-0.05, 0) is 42.5 Å². The van der Waals surface area contributed by atoms with Gasteiger partial charge in [0.25, 0.3) is 0 Å². The van der Waals surface area contributed by atoms with E-state index in [0.717, 1.165) is 37.4 Å². The fourth-order valence-corrected chi connectivity index (χ4v) is 2.29. The van der Waals surface area contributed by atoms with Crippen molar-refractivity contribution in [1.82, 2.24) is 4.90 Å². The maximum absolute atomic E-state index is 12.1. The molecule has 0 saturated carbocycles. The van der Waals surface area contributed by atoms with Crippen molar-refractivity contribution in [2.75, 3.05) is 19.7 Å². The Morgan fingerprint density at radius 2 is 2.05 bits per heavy atom. The Hall–Kier alpha value is -2.28. The molecule has 1 heterocycles. The van der Waals surface area contributed by atoms with Crippen molar-refractivity contribution in [2.24, 2.45) is 5.92 Å². The normalized spacial score (nSPS) is 15.9. The number of piperidine rings is 1. The van der Waals surface area contributed by atoms with Crippen LogP contribution >= 0.6 is 0 Å². The smallest absolute Gasteiger partial charge is 0.246 e. The number of carbonyl (C=O) groups excluding carboxylic acids is 1. The standard InChI is InChI=1S/C17H20N2O2/c1-14-8-11-19(12-9-14)17(20)7-4-15-2-5-16(6-3-15)21-13-10-18/h2-7,14H,8-9,11-13H2,1H3/b7-4+. The number of ether oxygens (including phenoxy) is 1. The van der Waals surface area contributed by atoms with Gasteiger partial charge in [0.05, 0.1) is 0 Å². The highest BCUT2D eigenvalue weighted by Crippen LogP contribution is 2.17. The Bertz CT molecular complexity index is 535. The molecule has 4 heteroatoms. The summed E-state index contributed by atoms with van der Waals surface area (Å²) < 4.78 is 5.18. The Balaban J connectivity index is 1.88. The van der Waals surface area contributed by atoms with Gasteiger partial charge in [-0.25, -0.2) is 0 Å². The molecule has 0 unspecified atom stereocenters. The zero-order valence-electron chi connectivity index (χ0n) is 12.3. The molecule has 1 fully saturated rings. The van der Waals surface area contributed by atoms with E-state index in [4.69, 9.17) is 10.00 Å². The number of rotatable bonds is 4. The summed E-state index contributed by atoms with van der Waals surface area (Å²) in [5.74, 6) is 1.45. The van der Waals surface area contributed by atoms with Crippen LogP contribution in [-0.4, -0.2) is 30.5 Å². The summed E-state index contributed by atoms with van der Waals surface area (Å²) in [6, 6.07) is 9.25. The largest absolute Gasteiger partial charge is 0.479 e. The molecule has 0 atom stereocenters. The van der Waals surface area contributed by atoms with Gasteiger partial charge in [-0.15, -0.1) is 0 Å². The number of carbonyl (C=O) groups is 1. The number of amides is 1. The first-order valence-electron chi connectivity index (χ1n) is 7.26. The average Bonchev–Trinajstić information content (AvgIpc) is 2.52. The summed E-state index contributed by atoms with van der Waals surface area (Å²) in [5, 5.41) is 8.44. The fourth-order valence-electron chi connectivity index (χ4n) is 2.29. The minimum absolute atomic E-state index is 0.0427. The molecule has 0 bridgehead atoms. The summed E-state index contributed by atoms with van der Waals surface area (Å²) in [4.78, 5) is 14.0. The molecule has 1 aliphatic heterocycles. The lowest BCUT2D eigenvalue weighted by molar-refractivity contribution is -0.127. The number of nitriles is 1. The molecule has 0 N–H and O–H groups in total. The molecule has 0 aliphatic carbocycles. The van der Waals surface area contributed by atoms with Crippen LogP contribution in [0.2, 0.25) is 0 Å². The molecule has 0 radical (unpaired) electrons. The number of hydrogen-bond acceptors (Lipinski definition) is 3. The van der Waals surface area contributed by atoms with Crippen LogP contribution in [0.3, 0.4) is 0 Å². The summed E-state index contributed by atoms with van der Waals surface area (Å²) in [6.07, 6.45) is 5.62. The van der Waals surface area contributed by atoms with E-state index >= 15 is 0 Å². The monoisotopic (exact) mass is 284 g/mol. The Morgan fingerprint density at radius 3 is 2.67 bits per heavy atom. The zero-order chi connectivity index (χ0) is 15.1. The van der Waals surface area contributed by atoms with E-state index in [1.807, 2.05) is 29.2 Å². The lowest BCUT2D eigenvalue weighted by atomic mass is 9.99. The van der Waals surface area contributed by atoms with E-state index in [2.05, 4.69) is 6.92 Å². The highest BCUT2D eigenvalue weighted by atomic mass is 16.5. The van der Waals surface area contributed by atoms with Gasteiger partial charge in [0.15, 0.2) is 6.61 Å². The second-order valence-corrected chi connectivity index (χ2v) is 5.36. The molecule has 0 aromatic heterocycles. The van der Waals surface area contributed by atoms with Crippen molar-refractivity contribution < 1.29 is 9.53 Å². The van der Waals surface area contributed by atoms with Gasteiger partial charge in [0, 0.05) is 19.2 Å². The van der Waals surface area contributed by atoms with Crippen LogP contribution in [0, 0.1) is 17.2 Å². The van der Waals surface area contributed by atoms with Gasteiger partial charge >= 0.3 is 0 Å². The van der Waals surface area contributed by atoms with Crippen molar-refractivity contribution >= 4 is 12.0 Å². The second kappa shape index (κ2) is 7.49. The molecule has 1 aromatic carbocycles. The van der Waals surface area contributed by atoms with Gasteiger partial charge in [0.1, 0.15) is 11.8 Å².